The smallest absolute Gasteiger partial charge is 0.138 e. The Kier molecular flexibility index (Phi) is 7.44. The lowest BCUT2D eigenvalue weighted by Gasteiger charge is -1.95. The molecule has 0 unspecified atom stereocenters. The summed E-state index contributed by atoms with van der Waals surface area (Å²) in [4.78, 5) is 20.8. The molecule has 0 atom stereocenters. The lowest BCUT2D eigenvalue weighted by molar-refractivity contribution is -0.118. The Balaban J connectivity index is 3.13. The monoisotopic (exact) mass is 169 g/mol. The van der Waals surface area contributed by atoms with E-state index in [0.29, 0.717) is 12.8 Å². The summed E-state index contributed by atoms with van der Waals surface area (Å²) >= 11 is 0. The second kappa shape index (κ2) is 8.11. The largest absolute Gasteiger partial charge is 0.313 e. The predicted octanol–water partition coefficient (Wildman–Crippen LogP) is 1.74. The maximum Gasteiger partial charge on any atom is 0.138 e. The zero-order chi connectivity index (χ0) is 9.23. The van der Waals surface area contributed by atoms with Crippen LogP contribution >= 0.6 is 0 Å². The minimum Gasteiger partial charge on any atom is -0.313 e. The number of unbranched alkanes of at least 4 members (excludes halogenated alkanes) is 3. The first-order valence-corrected chi connectivity index (χ1v) is 4.25. The summed E-state index contributed by atoms with van der Waals surface area (Å²) < 4.78 is 0. The summed E-state index contributed by atoms with van der Waals surface area (Å²) in [5.41, 5.74) is 0. The molecule has 0 aliphatic carbocycles. The van der Waals surface area contributed by atoms with Gasteiger partial charge >= 0.3 is 0 Å². The molecule has 3 nitrogen and oxygen atoms in total. The number of carbonyl (C=O) groups is 2. The second-order valence-electron chi connectivity index (χ2n) is 2.71. The number of nitrogens with one attached hydrogen (secondary N) is 1. The number of Topliss-reactive ketones (excluding diaryl/α,β-unsaturated/α-hetero) is 1. The van der Waals surface area contributed by atoms with E-state index in [2.05, 4.69) is 0 Å². The minimum atomic E-state index is 0.121. The van der Waals surface area contributed by atoms with E-state index in [1.165, 1.54) is 0 Å². The molecule has 0 aromatic heterocycles. The molecular formula is C9H15NO2. The maximum absolute atomic E-state index is 10.9. The molecule has 0 saturated carbocycles. The van der Waals surface area contributed by atoms with Crippen LogP contribution in [0.25, 0.3) is 0 Å². The Morgan fingerprint density at radius 3 is 2.58 bits per heavy atom. The van der Waals surface area contributed by atoms with Crippen molar-refractivity contribution < 1.29 is 9.59 Å². The highest BCUT2D eigenvalue weighted by Gasteiger charge is 1.98. The highest BCUT2D eigenvalue weighted by Crippen LogP contribution is 2.02. The molecule has 0 aromatic rings. The lowest BCUT2D eigenvalue weighted by Crippen LogP contribution is -1.97. The van der Waals surface area contributed by atoms with Gasteiger partial charge in [0.15, 0.2) is 0 Å². The van der Waals surface area contributed by atoms with Gasteiger partial charge in [0.25, 0.3) is 0 Å². The molecule has 0 spiro atoms. The summed E-state index contributed by atoms with van der Waals surface area (Å²) in [5.74, 6) is 0.121. The third-order valence-corrected chi connectivity index (χ3v) is 1.61. The number of aldehydes is 1. The normalized spacial score (nSPS) is 9.33. The van der Waals surface area contributed by atoms with Gasteiger partial charge in [-0.2, -0.15) is 0 Å². The molecule has 0 aromatic carbocycles. The van der Waals surface area contributed by atoms with Crippen molar-refractivity contribution in [1.29, 1.82) is 5.41 Å². The first kappa shape index (κ1) is 11.0. The summed E-state index contributed by atoms with van der Waals surface area (Å²) in [7, 11) is 0. The van der Waals surface area contributed by atoms with Gasteiger partial charge in [-0.1, -0.05) is 6.42 Å². The predicted molar refractivity (Wildman–Crippen MR) is 47.6 cm³/mol. The molecule has 0 amide bonds. The molecule has 3 heteroatoms. The van der Waals surface area contributed by atoms with Crippen molar-refractivity contribution in [1.82, 2.24) is 0 Å². The maximum atomic E-state index is 10.9. The summed E-state index contributed by atoms with van der Waals surface area (Å²) in [6.07, 6.45) is 6.10. The van der Waals surface area contributed by atoms with Gasteiger partial charge in [-0.05, 0) is 12.8 Å². The second-order valence-corrected chi connectivity index (χ2v) is 2.71. The lowest BCUT2D eigenvalue weighted by atomic mass is 10.1. The van der Waals surface area contributed by atoms with Crippen LogP contribution in [0.15, 0.2) is 0 Å². The topological polar surface area (TPSA) is 58.0 Å². The van der Waals surface area contributed by atoms with Crippen LogP contribution in [0.1, 0.15) is 38.5 Å². The summed E-state index contributed by atoms with van der Waals surface area (Å²) in [6.45, 7) is 0. The minimum absolute atomic E-state index is 0.121. The van der Waals surface area contributed by atoms with Crippen molar-refractivity contribution in [2.24, 2.45) is 0 Å². The van der Waals surface area contributed by atoms with Gasteiger partial charge in [0.05, 0.1) is 0 Å². The number of hydrogen-bond donors (Lipinski definition) is 1. The molecule has 12 heavy (non-hydrogen) atoms. The van der Waals surface area contributed by atoms with E-state index in [4.69, 9.17) is 5.41 Å². The summed E-state index contributed by atoms with van der Waals surface area (Å²) in [6, 6.07) is 0. The molecule has 68 valence electrons. The highest BCUT2D eigenvalue weighted by atomic mass is 16.1. The fraction of sp³-hybridized carbons (Fsp3) is 0.667. The number of ketones is 1. The zero-order valence-corrected chi connectivity index (χ0v) is 7.21. The highest BCUT2D eigenvalue weighted by molar-refractivity contribution is 5.90. The van der Waals surface area contributed by atoms with Crippen LogP contribution in [0.3, 0.4) is 0 Å². The standard InChI is InChI=1S/C9H15NO2/c10-7-6-9(12)5-3-1-2-4-8-11/h7-8,10H,1-6H2. The summed E-state index contributed by atoms with van der Waals surface area (Å²) in [5, 5.41) is 6.69. The van der Waals surface area contributed by atoms with Gasteiger partial charge in [0, 0.05) is 25.5 Å². The van der Waals surface area contributed by atoms with E-state index in [0.717, 1.165) is 31.8 Å². The van der Waals surface area contributed by atoms with Gasteiger partial charge < -0.3 is 10.2 Å². The fourth-order valence-corrected chi connectivity index (χ4v) is 0.943. The zero-order valence-electron chi connectivity index (χ0n) is 7.21. The molecule has 0 heterocycles. The van der Waals surface area contributed by atoms with Crippen molar-refractivity contribution in [2.75, 3.05) is 0 Å². The molecule has 0 aliphatic rings. The van der Waals surface area contributed by atoms with Crippen LogP contribution in [0.4, 0.5) is 0 Å². The van der Waals surface area contributed by atoms with Crippen LogP contribution in [0.2, 0.25) is 0 Å². The molecule has 0 saturated heterocycles. The Labute approximate surface area is 72.7 Å². The van der Waals surface area contributed by atoms with Crippen LogP contribution in [-0.2, 0) is 9.59 Å². The number of hydrogen-bond acceptors (Lipinski definition) is 3. The first-order chi connectivity index (χ1) is 5.81. The quantitative estimate of drug-likeness (QED) is 0.342. The van der Waals surface area contributed by atoms with Gasteiger partial charge in [0.1, 0.15) is 12.1 Å². The molecule has 0 rings (SSSR count). The molecule has 1 N–H and O–H groups in total. The molecule has 0 bridgehead atoms. The third-order valence-electron chi connectivity index (χ3n) is 1.61. The van der Waals surface area contributed by atoms with Gasteiger partial charge in [-0.3, -0.25) is 4.79 Å². The Bertz CT molecular complexity index is 155. The van der Waals surface area contributed by atoms with Gasteiger partial charge in [-0.25, -0.2) is 0 Å². The average Bonchev–Trinajstić information content (AvgIpc) is 2.05. The van der Waals surface area contributed by atoms with Crippen molar-refractivity contribution in [3.05, 3.63) is 0 Å². The molecule has 0 aliphatic heterocycles. The van der Waals surface area contributed by atoms with E-state index in [1.807, 2.05) is 0 Å². The van der Waals surface area contributed by atoms with E-state index in [9.17, 15) is 9.59 Å². The van der Waals surface area contributed by atoms with Crippen LogP contribution < -0.4 is 0 Å². The Morgan fingerprint density at radius 2 is 2.00 bits per heavy atom. The first-order valence-electron chi connectivity index (χ1n) is 4.25. The van der Waals surface area contributed by atoms with E-state index < -0.39 is 0 Å². The van der Waals surface area contributed by atoms with Crippen molar-refractivity contribution >= 4 is 18.3 Å². The molecule has 0 radical (unpaired) electrons. The van der Waals surface area contributed by atoms with E-state index in [1.54, 1.807) is 0 Å². The molecular weight excluding hydrogens is 154 g/mol. The fourth-order valence-electron chi connectivity index (χ4n) is 0.943. The Hall–Kier alpha value is -0.990. The van der Waals surface area contributed by atoms with Crippen molar-refractivity contribution in [3.63, 3.8) is 0 Å². The van der Waals surface area contributed by atoms with Crippen molar-refractivity contribution in [2.45, 2.75) is 38.5 Å². The molecule has 0 fully saturated rings. The van der Waals surface area contributed by atoms with Crippen LogP contribution in [0.5, 0.6) is 0 Å². The number of rotatable bonds is 8. The van der Waals surface area contributed by atoms with Crippen molar-refractivity contribution in [3.8, 4) is 0 Å². The number of carbonyl (C=O) groups excluding carboxylic acids is 2. The van der Waals surface area contributed by atoms with Crippen LogP contribution in [0, 0.1) is 5.41 Å². The third kappa shape index (κ3) is 7.12. The van der Waals surface area contributed by atoms with Gasteiger partial charge in [0.2, 0.25) is 0 Å². The van der Waals surface area contributed by atoms with Gasteiger partial charge in [-0.15, -0.1) is 0 Å². The van der Waals surface area contributed by atoms with Crippen LogP contribution in [-0.4, -0.2) is 18.3 Å². The Morgan fingerprint density at radius 1 is 1.25 bits per heavy atom. The average molecular weight is 169 g/mol. The van der Waals surface area contributed by atoms with E-state index >= 15 is 0 Å². The van der Waals surface area contributed by atoms with E-state index in [-0.39, 0.29) is 12.2 Å². The SMILES string of the molecule is N=CCC(=O)CCCCCC=O.